The zero-order chi connectivity index (χ0) is 13.4. The number of carbonyl (C=O) groups excluding carboxylic acids is 2. The van der Waals surface area contributed by atoms with Crippen LogP contribution in [0.1, 0.15) is 57.8 Å². The molecule has 4 atom stereocenters. The molecule has 0 aromatic carbocycles. The Morgan fingerprint density at radius 1 is 0.789 bits per heavy atom. The fourth-order valence-corrected chi connectivity index (χ4v) is 4.15. The molecule has 1 heterocycles. The van der Waals surface area contributed by atoms with Gasteiger partial charge >= 0.3 is 0 Å². The molecule has 3 rings (SSSR count). The van der Waals surface area contributed by atoms with Crippen LogP contribution in [0.4, 0.5) is 0 Å². The Hall–Kier alpha value is -0.900. The Bertz CT molecular complexity index is 358. The number of imide groups is 1. The van der Waals surface area contributed by atoms with Crippen molar-refractivity contribution in [2.45, 2.75) is 69.9 Å². The minimum atomic E-state index is -0.0342. The number of fused-ring (bicyclic) bond motifs is 1. The summed E-state index contributed by atoms with van der Waals surface area (Å²) in [5.74, 6) is 0.0995. The molecule has 0 aromatic rings. The van der Waals surface area contributed by atoms with Gasteiger partial charge in [-0.1, -0.05) is 32.1 Å². The molecule has 3 aliphatic rings. The van der Waals surface area contributed by atoms with Gasteiger partial charge in [0.2, 0.25) is 11.8 Å². The van der Waals surface area contributed by atoms with Crippen LogP contribution in [0.3, 0.4) is 0 Å². The summed E-state index contributed by atoms with van der Waals surface area (Å²) in [5.41, 5.74) is 6.23. The Labute approximate surface area is 114 Å². The molecule has 0 radical (unpaired) electrons. The Kier molecular flexibility index (Phi) is 3.61. The van der Waals surface area contributed by atoms with Crippen LogP contribution in [0.25, 0.3) is 0 Å². The lowest BCUT2D eigenvalue weighted by atomic mass is 9.81. The van der Waals surface area contributed by atoms with E-state index in [1.54, 1.807) is 4.90 Å². The Balaban J connectivity index is 1.83. The highest BCUT2D eigenvalue weighted by molar-refractivity contribution is 6.05. The second-order valence-electron chi connectivity index (χ2n) is 6.41. The van der Waals surface area contributed by atoms with E-state index in [1.165, 1.54) is 6.42 Å². The predicted molar refractivity (Wildman–Crippen MR) is 72.1 cm³/mol. The van der Waals surface area contributed by atoms with Gasteiger partial charge in [0.15, 0.2) is 0 Å². The lowest BCUT2D eigenvalue weighted by Gasteiger charge is -2.30. The van der Waals surface area contributed by atoms with Gasteiger partial charge in [0, 0.05) is 6.04 Å². The molecular formula is C15H24N2O2. The molecule has 0 bridgehead atoms. The van der Waals surface area contributed by atoms with Crippen LogP contribution in [-0.4, -0.2) is 28.8 Å². The highest BCUT2D eigenvalue weighted by atomic mass is 16.2. The number of likely N-dealkylation sites (tertiary alicyclic amines) is 1. The molecular weight excluding hydrogens is 240 g/mol. The van der Waals surface area contributed by atoms with Crippen LogP contribution in [0, 0.1) is 11.8 Å². The lowest BCUT2D eigenvalue weighted by molar-refractivity contribution is -0.143. The minimum absolute atomic E-state index is 0.0180. The van der Waals surface area contributed by atoms with Crippen molar-refractivity contribution in [2.75, 3.05) is 0 Å². The monoisotopic (exact) mass is 264 g/mol. The SMILES string of the molecule is NC1CCCCCC1N1C(=O)C2CCCCC2C1=O. The highest BCUT2D eigenvalue weighted by Crippen LogP contribution is 2.40. The largest absolute Gasteiger partial charge is 0.326 e. The molecule has 4 unspecified atom stereocenters. The van der Waals surface area contributed by atoms with E-state index in [4.69, 9.17) is 5.73 Å². The van der Waals surface area contributed by atoms with Crippen molar-refractivity contribution in [3.63, 3.8) is 0 Å². The smallest absolute Gasteiger partial charge is 0.233 e. The van der Waals surface area contributed by atoms with Gasteiger partial charge in [-0.3, -0.25) is 14.5 Å². The summed E-state index contributed by atoms with van der Waals surface area (Å²) in [6, 6.07) is -0.0522. The first kappa shape index (κ1) is 13.1. The molecule has 2 amide bonds. The van der Waals surface area contributed by atoms with Crippen LogP contribution in [0.2, 0.25) is 0 Å². The third-order valence-electron chi connectivity index (χ3n) is 5.24. The molecule has 2 aliphatic carbocycles. The van der Waals surface area contributed by atoms with E-state index in [9.17, 15) is 9.59 Å². The van der Waals surface area contributed by atoms with Crippen LogP contribution in [0.5, 0.6) is 0 Å². The zero-order valence-electron chi connectivity index (χ0n) is 11.5. The molecule has 4 nitrogen and oxygen atoms in total. The average Bonchev–Trinajstić information content (AvgIpc) is 2.57. The maximum absolute atomic E-state index is 12.6. The number of hydrogen-bond acceptors (Lipinski definition) is 3. The van der Waals surface area contributed by atoms with Gasteiger partial charge in [0.25, 0.3) is 0 Å². The highest BCUT2D eigenvalue weighted by Gasteiger charge is 2.51. The van der Waals surface area contributed by atoms with Gasteiger partial charge in [0.1, 0.15) is 0 Å². The molecule has 19 heavy (non-hydrogen) atoms. The molecule has 2 N–H and O–H groups in total. The van der Waals surface area contributed by atoms with Crippen molar-refractivity contribution in [3.8, 4) is 0 Å². The molecule has 1 aliphatic heterocycles. The van der Waals surface area contributed by atoms with E-state index < -0.39 is 0 Å². The number of nitrogens with zero attached hydrogens (tertiary/aromatic N) is 1. The first-order valence-corrected chi connectivity index (χ1v) is 7.82. The maximum Gasteiger partial charge on any atom is 0.233 e. The third-order valence-corrected chi connectivity index (χ3v) is 5.24. The summed E-state index contributed by atoms with van der Waals surface area (Å²) < 4.78 is 0. The summed E-state index contributed by atoms with van der Waals surface area (Å²) >= 11 is 0. The molecule has 3 fully saturated rings. The van der Waals surface area contributed by atoms with Gasteiger partial charge in [0.05, 0.1) is 17.9 Å². The summed E-state index contributed by atoms with van der Waals surface area (Å²) in [7, 11) is 0. The zero-order valence-corrected chi connectivity index (χ0v) is 11.5. The van der Waals surface area contributed by atoms with Crippen LogP contribution in [0.15, 0.2) is 0 Å². The van der Waals surface area contributed by atoms with Crippen molar-refractivity contribution < 1.29 is 9.59 Å². The topological polar surface area (TPSA) is 63.4 Å². The Morgan fingerprint density at radius 3 is 1.95 bits per heavy atom. The first-order chi connectivity index (χ1) is 9.20. The van der Waals surface area contributed by atoms with Crippen molar-refractivity contribution in [2.24, 2.45) is 17.6 Å². The normalized spacial score (nSPS) is 40.2. The van der Waals surface area contributed by atoms with E-state index in [-0.39, 0.29) is 35.7 Å². The first-order valence-electron chi connectivity index (χ1n) is 7.82. The number of carbonyl (C=O) groups is 2. The van der Waals surface area contributed by atoms with E-state index in [2.05, 4.69) is 0 Å². The second-order valence-corrected chi connectivity index (χ2v) is 6.41. The molecule has 4 heteroatoms. The number of amides is 2. The van der Waals surface area contributed by atoms with E-state index in [0.717, 1.165) is 51.4 Å². The fourth-order valence-electron chi connectivity index (χ4n) is 4.15. The van der Waals surface area contributed by atoms with Gasteiger partial charge in [-0.05, 0) is 25.7 Å². The second kappa shape index (κ2) is 5.23. The van der Waals surface area contributed by atoms with Gasteiger partial charge in [-0.15, -0.1) is 0 Å². The van der Waals surface area contributed by atoms with Gasteiger partial charge in [-0.2, -0.15) is 0 Å². The quantitative estimate of drug-likeness (QED) is 0.580. The third kappa shape index (κ3) is 2.20. The molecule has 106 valence electrons. The van der Waals surface area contributed by atoms with Crippen LogP contribution in [-0.2, 0) is 9.59 Å². The van der Waals surface area contributed by atoms with E-state index in [0.29, 0.717) is 0 Å². The molecule has 2 saturated carbocycles. The van der Waals surface area contributed by atoms with Crippen LogP contribution >= 0.6 is 0 Å². The van der Waals surface area contributed by atoms with Crippen LogP contribution < -0.4 is 5.73 Å². The summed E-state index contributed by atoms with van der Waals surface area (Å²) in [5, 5.41) is 0. The number of rotatable bonds is 1. The Morgan fingerprint density at radius 2 is 1.32 bits per heavy atom. The average molecular weight is 264 g/mol. The number of hydrogen-bond donors (Lipinski definition) is 1. The van der Waals surface area contributed by atoms with Crippen molar-refractivity contribution >= 4 is 11.8 Å². The molecule has 0 spiro atoms. The van der Waals surface area contributed by atoms with Gasteiger partial charge < -0.3 is 5.73 Å². The van der Waals surface area contributed by atoms with Crippen molar-refractivity contribution in [3.05, 3.63) is 0 Å². The predicted octanol–water partition coefficient (Wildman–Crippen LogP) is 1.82. The standard InChI is InChI=1S/C15H24N2O2/c16-12-8-2-1-3-9-13(12)17-14(18)10-6-4-5-7-11(10)15(17)19/h10-13H,1-9,16H2. The van der Waals surface area contributed by atoms with Crippen molar-refractivity contribution in [1.29, 1.82) is 0 Å². The van der Waals surface area contributed by atoms with E-state index >= 15 is 0 Å². The van der Waals surface area contributed by atoms with E-state index in [1.807, 2.05) is 0 Å². The lowest BCUT2D eigenvalue weighted by Crippen LogP contribution is -2.50. The maximum atomic E-state index is 12.6. The van der Waals surface area contributed by atoms with Crippen molar-refractivity contribution in [1.82, 2.24) is 4.90 Å². The summed E-state index contributed by atoms with van der Waals surface area (Å²) in [6.45, 7) is 0. The van der Waals surface area contributed by atoms with Gasteiger partial charge in [-0.25, -0.2) is 0 Å². The fraction of sp³-hybridized carbons (Fsp3) is 0.867. The number of nitrogens with two attached hydrogens (primary N) is 1. The molecule has 0 aromatic heterocycles. The summed E-state index contributed by atoms with van der Waals surface area (Å²) in [6.07, 6.45) is 9.20. The molecule has 1 saturated heterocycles. The minimum Gasteiger partial charge on any atom is -0.326 e. The summed E-state index contributed by atoms with van der Waals surface area (Å²) in [4.78, 5) is 26.7.